The molecule has 0 bridgehead atoms. The summed E-state index contributed by atoms with van der Waals surface area (Å²) >= 11 is 0. The Morgan fingerprint density at radius 3 is 2.45 bits per heavy atom. The van der Waals surface area contributed by atoms with Gasteiger partial charge < -0.3 is 9.80 Å². The first-order chi connectivity index (χ1) is 13.7. The van der Waals surface area contributed by atoms with E-state index < -0.39 is 23.5 Å². The first kappa shape index (κ1) is 21.6. The van der Waals surface area contributed by atoms with Gasteiger partial charge in [0.05, 0.1) is 6.04 Å². The van der Waals surface area contributed by atoms with E-state index in [1.165, 1.54) is 0 Å². The number of nitrogens with one attached hydrogen (secondary N) is 1. The number of rotatable bonds is 6. The molecule has 1 radical (unpaired) electrons. The van der Waals surface area contributed by atoms with Crippen molar-refractivity contribution in [1.82, 2.24) is 15.5 Å². The first-order valence-corrected chi connectivity index (χ1v) is 10.1. The molecule has 2 aliphatic rings. The van der Waals surface area contributed by atoms with Crippen molar-refractivity contribution in [1.29, 1.82) is 0 Å². The fourth-order valence-electron chi connectivity index (χ4n) is 4.34. The van der Waals surface area contributed by atoms with Crippen molar-refractivity contribution < 1.29 is 22.8 Å². The number of carbonyl (C=O) groups is 2. The zero-order valence-electron chi connectivity index (χ0n) is 16.8. The highest BCUT2D eigenvalue weighted by Crippen LogP contribution is 2.32. The van der Waals surface area contributed by atoms with Crippen LogP contribution >= 0.6 is 0 Å². The molecule has 0 unspecified atom stereocenters. The van der Waals surface area contributed by atoms with Gasteiger partial charge in [0.15, 0.2) is 11.6 Å². The van der Waals surface area contributed by atoms with Crippen molar-refractivity contribution in [2.24, 2.45) is 11.8 Å². The number of amides is 2. The summed E-state index contributed by atoms with van der Waals surface area (Å²) < 4.78 is 40.2. The van der Waals surface area contributed by atoms with Gasteiger partial charge >= 0.3 is 0 Å². The topological polar surface area (TPSA) is 64.4 Å². The molecule has 2 heterocycles. The van der Waals surface area contributed by atoms with E-state index in [0.717, 1.165) is 12.5 Å². The molecular formula is C21H27F3N3O2. The smallest absolute Gasteiger partial charge is 0.224 e. The highest BCUT2D eigenvalue weighted by atomic mass is 19.2. The lowest BCUT2D eigenvalue weighted by Gasteiger charge is -2.26. The Labute approximate surface area is 169 Å². The van der Waals surface area contributed by atoms with E-state index in [1.54, 1.807) is 4.90 Å². The number of hydrogen-bond acceptors (Lipinski definition) is 2. The van der Waals surface area contributed by atoms with E-state index >= 15 is 0 Å². The number of halogens is 3. The molecule has 2 aliphatic heterocycles. The summed E-state index contributed by atoms with van der Waals surface area (Å²) in [4.78, 5) is 28.6. The maximum Gasteiger partial charge on any atom is 0.224 e. The summed E-state index contributed by atoms with van der Waals surface area (Å²) in [7, 11) is 0. The van der Waals surface area contributed by atoms with E-state index in [0.29, 0.717) is 32.1 Å². The SMILES string of the molecule is CC(C)CC(=O)N1C[C@@H]2CCN(C(=O)C[C@H]([NH])Cc3cc(F)c(F)cc3F)[C@@H]2C1. The predicted octanol–water partition coefficient (Wildman–Crippen LogP) is 2.79. The summed E-state index contributed by atoms with van der Waals surface area (Å²) in [5.74, 6) is -2.92. The van der Waals surface area contributed by atoms with Crippen LogP contribution in [-0.2, 0) is 16.0 Å². The van der Waals surface area contributed by atoms with Gasteiger partial charge in [-0.15, -0.1) is 0 Å². The second-order valence-electron chi connectivity index (χ2n) is 8.56. The normalized spacial score (nSPS) is 22.3. The quantitative estimate of drug-likeness (QED) is 0.677. The minimum atomic E-state index is -1.27. The van der Waals surface area contributed by atoms with Crippen LogP contribution in [0.25, 0.3) is 0 Å². The van der Waals surface area contributed by atoms with Crippen LogP contribution < -0.4 is 5.73 Å². The molecule has 2 fully saturated rings. The Kier molecular flexibility index (Phi) is 6.51. The van der Waals surface area contributed by atoms with E-state index in [-0.39, 0.29) is 48.1 Å². The van der Waals surface area contributed by atoms with Crippen molar-refractivity contribution in [3.63, 3.8) is 0 Å². The molecule has 2 saturated heterocycles. The van der Waals surface area contributed by atoms with Gasteiger partial charge in [-0.3, -0.25) is 15.3 Å². The van der Waals surface area contributed by atoms with Gasteiger partial charge in [-0.05, 0) is 30.4 Å². The Hall–Kier alpha value is -2.09. The van der Waals surface area contributed by atoms with Crippen LogP contribution in [-0.4, -0.2) is 53.3 Å². The average molecular weight is 410 g/mol. The van der Waals surface area contributed by atoms with E-state index in [9.17, 15) is 22.8 Å². The zero-order valence-corrected chi connectivity index (χ0v) is 16.8. The third-order valence-electron chi connectivity index (χ3n) is 5.78. The minimum absolute atomic E-state index is 0.0363. The Balaban J connectivity index is 1.57. The van der Waals surface area contributed by atoms with Gasteiger partial charge in [-0.25, -0.2) is 13.2 Å². The van der Waals surface area contributed by atoms with Crippen LogP contribution in [0.15, 0.2) is 12.1 Å². The van der Waals surface area contributed by atoms with Gasteiger partial charge in [-0.2, -0.15) is 0 Å². The largest absolute Gasteiger partial charge is 0.340 e. The number of likely N-dealkylation sites (tertiary alicyclic amines) is 2. The molecular weight excluding hydrogens is 383 g/mol. The number of fused-ring (bicyclic) bond motifs is 1. The van der Waals surface area contributed by atoms with Crippen molar-refractivity contribution in [3.8, 4) is 0 Å². The Morgan fingerprint density at radius 1 is 1.07 bits per heavy atom. The molecule has 1 aromatic rings. The summed E-state index contributed by atoms with van der Waals surface area (Å²) in [6.07, 6.45) is 1.02. The molecule has 1 aromatic carbocycles. The summed E-state index contributed by atoms with van der Waals surface area (Å²) in [6, 6.07) is 0.218. The molecule has 1 N–H and O–H groups in total. The molecule has 0 saturated carbocycles. The van der Waals surface area contributed by atoms with Gasteiger partial charge in [0.1, 0.15) is 5.82 Å². The van der Waals surface area contributed by atoms with Gasteiger partial charge in [0, 0.05) is 50.5 Å². The summed E-state index contributed by atoms with van der Waals surface area (Å²) in [5, 5.41) is 0. The zero-order chi connectivity index (χ0) is 21.3. The van der Waals surface area contributed by atoms with E-state index in [1.807, 2.05) is 18.7 Å². The van der Waals surface area contributed by atoms with E-state index in [2.05, 4.69) is 0 Å². The van der Waals surface area contributed by atoms with Gasteiger partial charge in [-0.1, -0.05) is 13.8 Å². The molecule has 0 spiro atoms. The molecule has 3 atom stereocenters. The first-order valence-electron chi connectivity index (χ1n) is 10.1. The van der Waals surface area contributed by atoms with Crippen molar-refractivity contribution >= 4 is 11.8 Å². The van der Waals surface area contributed by atoms with Crippen LogP contribution in [0.3, 0.4) is 0 Å². The van der Waals surface area contributed by atoms with E-state index in [4.69, 9.17) is 5.73 Å². The number of carbonyl (C=O) groups excluding carboxylic acids is 2. The highest BCUT2D eigenvalue weighted by Gasteiger charge is 2.44. The van der Waals surface area contributed by atoms with Gasteiger partial charge in [0.25, 0.3) is 0 Å². The molecule has 3 rings (SSSR count). The summed E-state index contributed by atoms with van der Waals surface area (Å²) in [6.45, 7) is 5.75. The second kappa shape index (κ2) is 8.73. The fraction of sp³-hybridized carbons (Fsp3) is 0.619. The van der Waals surface area contributed by atoms with Crippen LogP contribution in [0.5, 0.6) is 0 Å². The lowest BCUT2D eigenvalue weighted by molar-refractivity contribution is -0.135. The van der Waals surface area contributed by atoms with Crippen molar-refractivity contribution in [3.05, 3.63) is 35.1 Å². The number of nitrogens with zero attached hydrogens (tertiary/aromatic N) is 2. The highest BCUT2D eigenvalue weighted by molar-refractivity contribution is 5.79. The summed E-state index contributed by atoms with van der Waals surface area (Å²) in [5.41, 5.74) is 7.99. The maximum atomic E-state index is 13.8. The number of hydrogen-bond donors (Lipinski definition) is 0. The molecule has 0 aromatic heterocycles. The molecule has 29 heavy (non-hydrogen) atoms. The third-order valence-corrected chi connectivity index (χ3v) is 5.78. The second-order valence-corrected chi connectivity index (χ2v) is 8.56. The standard InChI is InChI=1S/C21H27F3N3O2/c1-12(2)5-20(28)26-10-13-3-4-27(19(13)11-26)21(29)8-15(25)6-14-7-17(23)18(24)9-16(14)22/h7,9,12-13,15,19,25H,3-6,8,10-11H2,1-2H3/t13-,15+,19+/m0/s1. The lowest BCUT2D eigenvalue weighted by Crippen LogP contribution is -2.42. The van der Waals surface area contributed by atoms with Crippen molar-refractivity contribution in [2.75, 3.05) is 19.6 Å². The van der Waals surface area contributed by atoms with Crippen LogP contribution in [0.2, 0.25) is 0 Å². The molecule has 8 heteroatoms. The Morgan fingerprint density at radius 2 is 1.76 bits per heavy atom. The lowest BCUT2D eigenvalue weighted by atomic mass is 10.0. The fourth-order valence-corrected chi connectivity index (χ4v) is 4.34. The predicted molar refractivity (Wildman–Crippen MR) is 101 cm³/mol. The molecule has 0 aliphatic carbocycles. The third kappa shape index (κ3) is 4.91. The molecule has 2 amide bonds. The van der Waals surface area contributed by atoms with Crippen LogP contribution in [0, 0.1) is 29.3 Å². The molecule has 159 valence electrons. The monoisotopic (exact) mass is 410 g/mol. The van der Waals surface area contributed by atoms with Crippen LogP contribution in [0.1, 0.15) is 38.7 Å². The van der Waals surface area contributed by atoms with Crippen LogP contribution in [0.4, 0.5) is 13.2 Å². The van der Waals surface area contributed by atoms with Crippen molar-refractivity contribution in [2.45, 2.75) is 51.6 Å². The minimum Gasteiger partial charge on any atom is -0.340 e. The van der Waals surface area contributed by atoms with Gasteiger partial charge in [0.2, 0.25) is 11.8 Å². The average Bonchev–Trinajstić information content (AvgIpc) is 3.19. The Bertz CT molecular complexity index is 787. The molecule has 5 nitrogen and oxygen atoms in total. The maximum absolute atomic E-state index is 13.8. The number of benzene rings is 1.